The van der Waals surface area contributed by atoms with Crippen LogP contribution in [0.15, 0.2) is 30.3 Å². The van der Waals surface area contributed by atoms with E-state index in [1.54, 1.807) is 21.3 Å². The minimum Gasteiger partial charge on any atom is -0.495 e. The van der Waals surface area contributed by atoms with Gasteiger partial charge in [0.1, 0.15) is 17.4 Å². The highest BCUT2D eigenvalue weighted by atomic mass is 16.5. The average Bonchev–Trinajstić information content (AvgIpc) is 3.68. The number of hydrogen-bond donors (Lipinski definition) is 0. The molecule has 0 bridgehead atoms. The minimum absolute atomic E-state index is 0.476. The van der Waals surface area contributed by atoms with Gasteiger partial charge in [0.25, 0.3) is 0 Å². The zero-order valence-electron chi connectivity index (χ0n) is 19.2. The van der Waals surface area contributed by atoms with Gasteiger partial charge in [0.2, 0.25) is 0 Å². The maximum Gasteiger partial charge on any atom is 0.162 e. The molecule has 7 heteroatoms. The van der Waals surface area contributed by atoms with Crippen molar-refractivity contribution in [2.24, 2.45) is 0 Å². The second-order valence-electron chi connectivity index (χ2n) is 8.55. The van der Waals surface area contributed by atoms with E-state index >= 15 is 0 Å². The quantitative estimate of drug-likeness (QED) is 0.577. The fourth-order valence-electron chi connectivity index (χ4n) is 4.43. The maximum atomic E-state index is 5.62. The van der Waals surface area contributed by atoms with Crippen LogP contribution in [0.1, 0.15) is 30.1 Å². The molecule has 5 rings (SSSR count). The Kier molecular flexibility index (Phi) is 5.41. The first-order valence-corrected chi connectivity index (χ1v) is 11.2. The molecule has 7 nitrogen and oxygen atoms in total. The fraction of sp³-hybridized carbons (Fsp3) is 0.440. The first-order chi connectivity index (χ1) is 15.6. The third-order valence-corrected chi connectivity index (χ3v) is 6.39. The molecule has 1 saturated heterocycles. The van der Waals surface area contributed by atoms with Gasteiger partial charge >= 0.3 is 0 Å². The average molecular weight is 435 g/mol. The predicted molar refractivity (Wildman–Crippen MR) is 127 cm³/mol. The standard InChI is InChI=1S/C25H30N4O3/c1-16-5-8-21(30-2)20(13-16)28-9-11-29(12-10-28)25-18-14-22(31-3)23(32-4)15-19(18)26-24(27-25)17-6-7-17/h5,8,13-15,17H,6-7,9-12H2,1-4H3. The Morgan fingerprint density at radius 2 is 1.44 bits per heavy atom. The van der Waals surface area contributed by atoms with E-state index in [9.17, 15) is 0 Å². The van der Waals surface area contributed by atoms with Gasteiger partial charge in [-0.05, 0) is 43.5 Å². The van der Waals surface area contributed by atoms with Crippen LogP contribution in [0, 0.1) is 6.92 Å². The van der Waals surface area contributed by atoms with Gasteiger partial charge in [-0.25, -0.2) is 9.97 Å². The molecule has 0 spiro atoms. The van der Waals surface area contributed by atoms with Gasteiger partial charge in [-0.1, -0.05) is 6.07 Å². The number of fused-ring (bicyclic) bond motifs is 1. The normalized spacial score (nSPS) is 16.4. The van der Waals surface area contributed by atoms with Crippen molar-refractivity contribution >= 4 is 22.4 Å². The van der Waals surface area contributed by atoms with E-state index < -0.39 is 0 Å². The summed E-state index contributed by atoms with van der Waals surface area (Å²) >= 11 is 0. The summed E-state index contributed by atoms with van der Waals surface area (Å²) < 4.78 is 16.7. The summed E-state index contributed by atoms with van der Waals surface area (Å²) in [5, 5.41) is 1.01. The Morgan fingerprint density at radius 3 is 2.09 bits per heavy atom. The smallest absolute Gasteiger partial charge is 0.162 e. The topological polar surface area (TPSA) is 60.0 Å². The Labute approximate surface area is 188 Å². The van der Waals surface area contributed by atoms with Crippen LogP contribution in [0.4, 0.5) is 11.5 Å². The molecule has 32 heavy (non-hydrogen) atoms. The largest absolute Gasteiger partial charge is 0.495 e. The fourth-order valence-corrected chi connectivity index (χ4v) is 4.43. The number of nitrogens with zero attached hydrogens (tertiary/aromatic N) is 4. The molecule has 168 valence electrons. The molecule has 2 fully saturated rings. The van der Waals surface area contributed by atoms with Crippen LogP contribution in [-0.4, -0.2) is 57.5 Å². The molecule has 3 aromatic rings. The molecule has 1 saturated carbocycles. The highest BCUT2D eigenvalue weighted by Gasteiger charge is 2.30. The third kappa shape index (κ3) is 3.76. The van der Waals surface area contributed by atoms with Gasteiger partial charge < -0.3 is 24.0 Å². The third-order valence-electron chi connectivity index (χ3n) is 6.39. The molecule has 1 aliphatic carbocycles. The molecule has 0 N–H and O–H groups in total. The van der Waals surface area contributed by atoms with Crippen LogP contribution < -0.4 is 24.0 Å². The second kappa shape index (κ2) is 8.37. The second-order valence-corrected chi connectivity index (χ2v) is 8.55. The van der Waals surface area contributed by atoms with E-state index in [-0.39, 0.29) is 0 Å². The number of hydrogen-bond acceptors (Lipinski definition) is 7. The van der Waals surface area contributed by atoms with Crippen molar-refractivity contribution in [2.75, 3.05) is 57.3 Å². The molecule has 0 amide bonds. The van der Waals surface area contributed by atoms with Crippen LogP contribution in [0.3, 0.4) is 0 Å². The van der Waals surface area contributed by atoms with Crippen molar-refractivity contribution in [1.82, 2.24) is 9.97 Å². The zero-order valence-corrected chi connectivity index (χ0v) is 19.2. The van der Waals surface area contributed by atoms with E-state index in [0.717, 1.165) is 60.2 Å². The molecule has 2 aromatic carbocycles. The number of anilines is 2. The highest BCUT2D eigenvalue weighted by molar-refractivity contribution is 5.92. The van der Waals surface area contributed by atoms with E-state index in [0.29, 0.717) is 17.4 Å². The summed E-state index contributed by atoms with van der Waals surface area (Å²) in [6.45, 7) is 5.67. The first kappa shape index (κ1) is 20.7. The molecular weight excluding hydrogens is 404 g/mol. The Hall–Kier alpha value is -3.22. The van der Waals surface area contributed by atoms with Gasteiger partial charge in [-0.3, -0.25) is 0 Å². The van der Waals surface area contributed by atoms with E-state index in [2.05, 4.69) is 34.9 Å². The summed E-state index contributed by atoms with van der Waals surface area (Å²) in [6, 6.07) is 10.3. The van der Waals surface area contributed by atoms with Crippen molar-refractivity contribution in [3.05, 3.63) is 41.7 Å². The van der Waals surface area contributed by atoms with Crippen molar-refractivity contribution in [1.29, 1.82) is 0 Å². The molecule has 0 atom stereocenters. The molecule has 2 heterocycles. The van der Waals surface area contributed by atoms with Crippen molar-refractivity contribution in [3.63, 3.8) is 0 Å². The van der Waals surface area contributed by atoms with Gasteiger partial charge in [0.15, 0.2) is 11.5 Å². The number of piperazine rings is 1. The number of benzene rings is 2. The van der Waals surface area contributed by atoms with Crippen molar-refractivity contribution < 1.29 is 14.2 Å². The maximum absolute atomic E-state index is 5.62. The Balaban J connectivity index is 1.48. The van der Waals surface area contributed by atoms with Crippen LogP contribution in [0.2, 0.25) is 0 Å². The van der Waals surface area contributed by atoms with Gasteiger partial charge in [0.05, 0.1) is 32.5 Å². The van der Waals surface area contributed by atoms with Crippen LogP contribution in [0.5, 0.6) is 17.2 Å². The minimum atomic E-state index is 0.476. The predicted octanol–water partition coefficient (Wildman–Crippen LogP) is 4.17. The Morgan fingerprint density at radius 1 is 0.781 bits per heavy atom. The van der Waals surface area contributed by atoms with E-state index in [4.69, 9.17) is 24.2 Å². The van der Waals surface area contributed by atoms with Crippen LogP contribution in [-0.2, 0) is 0 Å². The molecule has 2 aliphatic rings. The zero-order chi connectivity index (χ0) is 22.2. The molecule has 0 radical (unpaired) electrons. The molecule has 0 unspecified atom stereocenters. The van der Waals surface area contributed by atoms with Crippen LogP contribution in [0.25, 0.3) is 10.9 Å². The van der Waals surface area contributed by atoms with Crippen molar-refractivity contribution in [3.8, 4) is 17.2 Å². The Bertz CT molecular complexity index is 1140. The number of aromatic nitrogens is 2. The first-order valence-electron chi connectivity index (χ1n) is 11.2. The molecule has 1 aliphatic heterocycles. The summed E-state index contributed by atoms with van der Waals surface area (Å²) in [4.78, 5) is 14.7. The van der Waals surface area contributed by atoms with Gasteiger partial charge in [0, 0.05) is 43.5 Å². The van der Waals surface area contributed by atoms with Crippen LogP contribution >= 0.6 is 0 Å². The number of ether oxygens (including phenoxy) is 3. The van der Waals surface area contributed by atoms with Crippen molar-refractivity contribution in [2.45, 2.75) is 25.7 Å². The lowest BCUT2D eigenvalue weighted by Gasteiger charge is -2.37. The molecular formula is C25H30N4O3. The summed E-state index contributed by atoms with van der Waals surface area (Å²) in [6.07, 6.45) is 2.33. The van der Waals surface area contributed by atoms with E-state index in [1.165, 1.54) is 18.4 Å². The van der Waals surface area contributed by atoms with Gasteiger partial charge in [-0.15, -0.1) is 0 Å². The number of methoxy groups -OCH3 is 3. The monoisotopic (exact) mass is 434 g/mol. The summed E-state index contributed by atoms with van der Waals surface area (Å²) in [5.41, 5.74) is 3.31. The highest BCUT2D eigenvalue weighted by Crippen LogP contribution is 2.42. The summed E-state index contributed by atoms with van der Waals surface area (Å²) in [5.74, 6) is 4.74. The lowest BCUT2D eigenvalue weighted by molar-refractivity contribution is 0.355. The molecule has 1 aromatic heterocycles. The van der Waals surface area contributed by atoms with E-state index in [1.807, 2.05) is 12.1 Å². The van der Waals surface area contributed by atoms with Gasteiger partial charge in [-0.2, -0.15) is 0 Å². The lowest BCUT2D eigenvalue weighted by Crippen LogP contribution is -2.47. The summed E-state index contributed by atoms with van der Waals surface area (Å²) in [7, 11) is 5.06. The SMILES string of the molecule is COc1cc2nc(C3CC3)nc(N3CCN(c4cc(C)ccc4OC)CC3)c2cc1OC. The number of aryl methyl sites for hydroxylation is 1. The number of rotatable bonds is 6. The lowest BCUT2D eigenvalue weighted by atomic mass is 10.1.